The molecule has 0 unspecified atom stereocenters. The molecule has 0 aliphatic heterocycles. The van der Waals surface area contributed by atoms with Crippen molar-refractivity contribution in [1.29, 1.82) is 0 Å². The van der Waals surface area contributed by atoms with E-state index in [1.807, 2.05) is 6.07 Å². The molecule has 4 nitrogen and oxygen atoms in total. The van der Waals surface area contributed by atoms with Crippen LogP contribution in [0.25, 0.3) is 103 Å². The van der Waals surface area contributed by atoms with E-state index in [-0.39, 0.29) is 0 Å². The average molecular weight is 644 g/mol. The average Bonchev–Trinajstić information content (AvgIpc) is 3.84. The number of hydrogen-bond donors (Lipinski definition) is 0. The molecule has 0 amide bonds. The zero-order valence-corrected chi connectivity index (χ0v) is 26.9. The van der Waals surface area contributed by atoms with Crippen LogP contribution in [0.15, 0.2) is 156 Å². The second kappa shape index (κ2) is 10.1. The van der Waals surface area contributed by atoms with Crippen LogP contribution in [0.4, 0.5) is 0 Å². The van der Waals surface area contributed by atoms with Crippen molar-refractivity contribution in [1.82, 2.24) is 14.5 Å². The van der Waals surface area contributed by atoms with Crippen LogP contribution >= 0.6 is 11.3 Å². The highest BCUT2D eigenvalue weighted by Crippen LogP contribution is 2.43. The monoisotopic (exact) mass is 643 g/mol. The van der Waals surface area contributed by atoms with Gasteiger partial charge in [0.25, 0.3) is 0 Å². The Hall–Kier alpha value is -6.30. The third-order valence-electron chi connectivity index (χ3n) is 9.80. The highest BCUT2D eigenvalue weighted by atomic mass is 32.1. The topological polar surface area (TPSA) is 43.9 Å². The SMILES string of the molecule is c1ccc(-c2nc(-c3ccc4oc5cccc(-n6c7ccccc7c7ccc8ccccc8c76)c5c4c3)nc3c2sc2ccccc23)cc1. The second-order valence-corrected chi connectivity index (χ2v) is 13.6. The van der Waals surface area contributed by atoms with Crippen molar-refractivity contribution in [2.24, 2.45) is 0 Å². The van der Waals surface area contributed by atoms with Crippen molar-refractivity contribution < 1.29 is 4.42 Å². The van der Waals surface area contributed by atoms with Gasteiger partial charge in [-0.25, -0.2) is 9.97 Å². The lowest BCUT2D eigenvalue weighted by Crippen LogP contribution is -1.95. The first-order chi connectivity index (χ1) is 24.3. The molecule has 0 radical (unpaired) electrons. The van der Waals surface area contributed by atoms with Crippen LogP contribution in [0, 0.1) is 0 Å². The smallest absolute Gasteiger partial charge is 0.160 e. The van der Waals surface area contributed by atoms with Crippen LogP contribution in [0.1, 0.15) is 0 Å². The van der Waals surface area contributed by atoms with Crippen LogP contribution < -0.4 is 0 Å². The minimum absolute atomic E-state index is 0.700. The molecule has 4 aromatic heterocycles. The van der Waals surface area contributed by atoms with Crippen LogP contribution in [0.3, 0.4) is 0 Å². The third kappa shape index (κ3) is 3.85. The molecule has 11 rings (SSSR count). The Kier molecular flexibility index (Phi) is 5.51. The summed E-state index contributed by atoms with van der Waals surface area (Å²) in [6, 6.07) is 53.5. The molecule has 0 spiro atoms. The van der Waals surface area contributed by atoms with Crippen molar-refractivity contribution in [3.8, 4) is 28.3 Å². The van der Waals surface area contributed by atoms with Gasteiger partial charge in [0.15, 0.2) is 5.82 Å². The molecule has 0 aliphatic carbocycles. The van der Waals surface area contributed by atoms with E-state index in [9.17, 15) is 0 Å². The van der Waals surface area contributed by atoms with Gasteiger partial charge in [-0.05, 0) is 47.9 Å². The van der Waals surface area contributed by atoms with E-state index in [0.29, 0.717) is 5.82 Å². The van der Waals surface area contributed by atoms with E-state index < -0.39 is 0 Å². The van der Waals surface area contributed by atoms with Crippen molar-refractivity contribution in [2.45, 2.75) is 0 Å². The predicted octanol–water partition coefficient (Wildman–Crippen LogP) is 12.3. The van der Waals surface area contributed by atoms with Gasteiger partial charge in [-0.2, -0.15) is 0 Å². The summed E-state index contributed by atoms with van der Waals surface area (Å²) in [5.74, 6) is 0.700. The molecule has 7 aromatic carbocycles. The minimum atomic E-state index is 0.700. The molecule has 0 aliphatic rings. The van der Waals surface area contributed by atoms with E-state index >= 15 is 0 Å². The minimum Gasteiger partial charge on any atom is -0.456 e. The lowest BCUT2D eigenvalue weighted by molar-refractivity contribution is 0.669. The van der Waals surface area contributed by atoms with Crippen LogP contribution in [-0.4, -0.2) is 14.5 Å². The summed E-state index contributed by atoms with van der Waals surface area (Å²) in [7, 11) is 0. The molecule has 11 aromatic rings. The summed E-state index contributed by atoms with van der Waals surface area (Å²) in [5.41, 5.74) is 9.10. The normalized spacial score (nSPS) is 12.1. The number of nitrogens with zero attached hydrogens (tertiary/aromatic N) is 3. The number of fused-ring (bicyclic) bond motifs is 11. The van der Waals surface area contributed by atoms with Gasteiger partial charge in [0.05, 0.1) is 38.0 Å². The zero-order chi connectivity index (χ0) is 32.1. The van der Waals surface area contributed by atoms with Crippen molar-refractivity contribution >= 4 is 86.2 Å². The van der Waals surface area contributed by atoms with E-state index in [1.54, 1.807) is 11.3 Å². The summed E-state index contributed by atoms with van der Waals surface area (Å²) in [4.78, 5) is 10.5. The Bertz CT molecular complexity index is 3110. The summed E-state index contributed by atoms with van der Waals surface area (Å²) in [5, 5.41) is 8.16. The maximum Gasteiger partial charge on any atom is 0.160 e. The van der Waals surface area contributed by atoms with Gasteiger partial charge in [0.1, 0.15) is 11.2 Å². The molecule has 0 bridgehead atoms. The molecule has 0 N–H and O–H groups in total. The first kappa shape index (κ1) is 26.7. The Morgan fingerprint density at radius 3 is 2.24 bits per heavy atom. The van der Waals surface area contributed by atoms with Crippen molar-refractivity contribution in [2.75, 3.05) is 0 Å². The Labute approximate surface area is 284 Å². The molecule has 0 fully saturated rings. The number of para-hydroxylation sites is 1. The molecular weight excluding hydrogens is 619 g/mol. The summed E-state index contributed by atoms with van der Waals surface area (Å²) in [6.45, 7) is 0. The molecular formula is C44H25N3OS. The summed E-state index contributed by atoms with van der Waals surface area (Å²) >= 11 is 1.75. The standard InChI is InChI=1S/C44H25N3OS/c1-2-12-27(13-3-1)40-43-41(32-16-7-9-20-38(32)49-43)46-44(45-40)28-22-24-36-33(25-28)39-35(18-10-19-37(39)48-36)47-34-17-8-6-15-30(34)31-23-21-26-11-4-5-14-29(26)42(31)47/h1-25H. The zero-order valence-electron chi connectivity index (χ0n) is 26.1. The highest BCUT2D eigenvalue weighted by Gasteiger charge is 2.21. The highest BCUT2D eigenvalue weighted by molar-refractivity contribution is 7.26. The summed E-state index contributed by atoms with van der Waals surface area (Å²) in [6.07, 6.45) is 0. The van der Waals surface area contributed by atoms with E-state index in [2.05, 4.69) is 150 Å². The summed E-state index contributed by atoms with van der Waals surface area (Å²) < 4.78 is 11.3. The molecule has 0 saturated heterocycles. The van der Waals surface area contributed by atoms with Gasteiger partial charge in [0, 0.05) is 42.8 Å². The van der Waals surface area contributed by atoms with Gasteiger partial charge < -0.3 is 8.98 Å². The first-order valence-corrected chi connectivity index (χ1v) is 17.2. The molecule has 4 heterocycles. The number of thiophene rings is 1. The maximum atomic E-state index is 6.55. The molecule has 5 heteroatoms. The molecule has 0 atom stereocenters. The second-order valence-electron chi connectivity index (χ2n) is 12.5. The van der Waals surface area contributed by atoms with Crippen molar-refractivity contribution in [3.63, 3.8) is 0 Å². The van der Waals surface area contributed by atoms with Gasteiger partial charge in [0.2, 0.25) is 0 Å². The van der Waals surface area contributed by atoms with E-state index in [4.69, 9.17) is 14.4 Å². The quantitative estimate of drug-likeness (QED) is 0.192. The van der Waals surface area contributed by atoms with E-state index in [0.717, 1.165) is 65.6 Å². The van der Waals surface area contributed by atoms with Gasteiger partial charge in [-0.15, -0.1) is 11.3 Å². The number of rotatable bonds is 3. The largest absolute Gasteiger partial charge is 0.456 e. The number of hydrogen-bond acceptors (Lipinski definition) is 4. The van der Waals surface area contributed by atoms with Crippen LogP contribution in [0.2, 0.25) is 0 Å². The molecule has 49 heavy (non-hydrogen) atoms. The van der Waals surface area contributed by atoms with Gasteiger partial charge in [-0.1, -0.05) is 109 Å². The Morgan fingerprint density at radius 2 is 1.33 bits per heavy atom. The predicted molar refractivity (Wildman–Crippen MR) is 205 cm³/mol. The number of furan rings is 1. The third-order valence-corrected chi connectivity index (χ3v) is 11.0. The molecule has 0 saturated carbocycles. The fraction of sp³-hybridized carbons (Fsp3) is 0. The van der Waals surface area contributed by atoms with Crippen molar-refractivity contribution in [3.05, 3.63) is 152 Å². The van der Waals surface area contributed by atoms with E-state index in [1.165, 1.54) is 31.8 Å². The van der Waals surface area contributed by atoms with Crippen LogP contribution in [0.5, 0.6) is 0 Å². The fourth-order valence-electron chi connectivity index (χ4n) is 7.63. The Balaban J connectivity index is 1.21. The number of aromatic nitrogens is 3. The maximum absolute atomic E-state index is 6.55. The van der Waals surface area contributed by atoms with Gasteiger partial charge >= 0.3 is 0 Å². The lowest BCUT2D eigenvalue weighted by Gasteiger charge is -2.11. The Morgan fingerprint density at radius 1 is 0.531 bits per heavy atom. The first-order valence-electron chi connectivity index (χ1n) is 16.4. The van der Waals surface area contributed by atoms with Crippen LogP contribution in [-0.2, 0) is 0 Å². The van der Waals surface area contributed by atoms with Gasteiger partial charge in [-0.3, -0.25) is 0 Å². The lowest BCUT2D eigenvalue weighted by atomic mass is 10.0. The number of benzene rings is 7. The fourth-order valence-corrected chi connectivity index (χ4v) is 8.78. The molecule has 228 valence electrons.